The van der Waals surface area contributed by atoms with Crippen molar-refractivity contribution >= 4 is 15.7 Å². The Morgan fingerprint density at radius 3 is 2.38 bits per heavy atom. The first-order valence-electron chi connectivity index (χ1n) is 9.80. The molecule has 3 rings (SSSR count). The molecular weight excluding hydrogens is 388 g/mol. The van der Waals surface area contributed by atoms with E-state index in [0.717, 1.165) is 43.6 Å². The Bertz CT molecular complexity index is 951. The van der Waals surface area contributed by atoms with Crippen LogP contribution in [-0.4, -0.2) is 62.2 Å². The number of carbonyl (C=O) groups excluding carboxylic acids is 1. The van der Waals surface area contributed by atoms with Crippen molar-refractivity contribution < 1.29 is 18.3 Å². The van der Waals surface area contributed by atoms with E-state index in [1.54, 1.807) is 42.3 Å². The maximum atomic E-state index is 13.0. The van der Waals surface area contributed by atoms with E-state index in [9.17, 15) is 18.3 Å². The summed E-state index contributed by atoms with van der Waals surface area (Å²) in [5.74, 6) is 0.135. The van der Waals surface area contributed by atoms with Gasteiger partial charge >= 0.3 is 0 Å². The topological polar surface area (TPSA) is 77.9 Å². The molecule has 1 aliphatic heterocycles. The van der Waals surface area contributed by atoms with Gasteiger partial charge in [0.15, 0.2) is 9.84 Å². The molecule has 7 heteroatoms. The summed E-state index contributed by atoms with van der Waals surface area (Å²) in [6.45, 7) is 2.76. The highest BCUT2D eigenvalue weighted by Crippen LogP contribution is 2.26. The second-order valence-corrected chi connectivity index (χ2v) is 9.73. The normalized spacial score (nSPS) is 15.9. The van der Waals surface area contributed by atoms with Crippen molar-refractivity contribution in [1.29, 1.82) is 0 Å². The molecule has 1 heterocycles. The average Bonchev–Trinajstić information content (AvgIpc) is 3.18. The fourth-order valence-corrected chi connectivity index (χ4v) is 4.35. The molecule has 0 radical (unpaired) electrons. The van der Waals surface area contributed by atoms with Crippen molar-refractivity contribution in [3.8, 4) is 5.75 Å². The van der Waals surface area contributed by atoms with Gasteiger partial charge in [-0.15, -0.1) is 0 Å². The number of carbonyl (C=O) groups is 1. The minimum absolute atomic E-state index is 0.0513. The van der Waals surface area contributed by atoms with Gasteiger partial charge in [0, 0.05) is 19.8 Å². The Morgan fingerprint density at radius 1 is 1.14 bits per heavy atom. The van der Waals surface area contributed by atoms with Gasteiger partial charge in [0.05, 0.1) is 17.4 Å². The Balaban J connectivity index is 1.77. The molecule has 0 spiro atoms. The molecule has 1 N–H and O–H groups in total. The lowest BCUT2D eigenvalue weighted by molar-refractivity contribution is -0.131. The summed E-state index contributed by atoms with van der Waals surface area (Å²) >= 11 is 0. The standard InChI is InChI=1S/C22H28N2O4S/c1-23(22(26)14-17-8-10-20(11-9-17)29(2,27)28)21(16-24-12-3-4-13-24)18-6-5-7-19(25)15-18/h5-11,15,21,25H,3-4,12-14,16H2,1-2H3. The van der Waals surface area contributed by atoms with Gasteiger partial charge in [-0.2, -0.15) is 0 Å². The van der Waals surface area contributed by atoms with Crippen LogP contribution < -0.4 is 0 Å². The zero-order chi connectivity index (χ0) is 21.0. The highest BCUT2D eigenvalue weighted by atomic mass is 32.2. The molecule has 0 saturated carbocycles. The number of amides is 1. The number of nitrogens with zero attached hydrogens (tertiary/aromatic N) is 2. The van der Waals surface area contributed by atoms with Gasteiger partial charge in [-0.3, -0.25) is 4.79 Å². The second-order valence-electron chi connectivity index (χ2n) is 7.72. The van der Waals surface area contributed by atoms with Gasteiger partial charge < -0.3 is 14.9 Å². The number of aromatic hydroxyl groups is 1. The third-order valence-electron chi connectivity index (χ3n) is 5.45. The van der Waals surface area contributed by atoms with E-state index in [4.69, 9.17) is 0 Å². The summed E-state index contributed by atoms with van der Waals surface area (Å²) in [7, 11) is -1.47. The highest BCUT2D eigenvalue weighted by Gasteiger charge is 2.26. The molecule has 0 aliphatic carbocycles. The molecule has 0 bridgehead atoms. The number of phenols is 1. The molecule has 1 saturated heterocycles. The average molecular weight is 417 g/mol. The first kappa shape index (κ1) is 21.3. The Hall–Kier alpha value is -2.38. The summed E-state index contributed by atoms with van der Waals surface area (Å²) in [5.41, 5.74) is 1.67. The van der Waals surface area contributed by atoms with E-state index in [-0.39, 0.29) is 29.0 Å². The summed E-state index contributed by atoms with van der Waals surface area (Å²) in [6.07, 6.45) is 3.68. The van der Waals surface area contributed by atoms with Gasteiger partial charge in [-0.1, -0.05) is 24.3 Å². The SMILES string of the molecule is CN(C(=O)Cc1ccc(S(C)(=O)=O)cc1)C(CN1CCCC1)c1cccc(O)c1. The monoisotopic (exact) mass is 416 g/mol. The zero-order valence-electron chi connectivity index (χ0n) is 16.9. The molecule has 2 aromatic rings. The van der Waals surface area contributed by atoms with Crippen LogP contribution in [0.15, 0.2) is 53.4 Å². The lowest BCUT2D eigenvalue weighted by Crippen LogP contribution is -2.39. The summed E-state index contributed by atoms with van der Waals surface area (Å²) < 4.78 is 23.2. The lowest BCUT2D eigenvalue weighted by atomic mass is 10.0. The third kappa shape index (κ3) is 5.58. The quantitative estimate of drug-likeness (QED) is 0.751. The first-order valence-corrected chi connectivity index (χ1v) is 11.7. The van der Waals surface area contributed by atoms with Crippen LogP contribution in [0.2, 0.25) is 0 Å². The van der Waals surface area contributed by atoms with Gasteiger partial charge in [0.25, 0.3) is 0 Å². The van der Waals surface area contributed by atoms with Crippen LogP contribution in [0.25, 0.3) is 0 Å². The molecule has 6 nitrogen and oxygen atoms in total. The van der Waals surface area contributed by atoms with Crippen molar-refractivity contribution in [2.24, 2.45) is 0 Å². The largest absolute Gasteiger partial charge is 0.508 e. The minimum atomic E-state index is -3.26. The lowest BCUT2D eigenvalue weighted by Gasteiger charge is -2.32. The van der Waals surface area contributed by atoms with E-state index in [1.165, 1.54) is 18.4 Å². The number of benzene rings is 2. The third-order valence-corrected chi connectivity index (χ3v) is 6.58. The van der Waals surface area contributed by atoms with Crippen molar-refractivity contribution in [1.82, 2.24) is 9.80 Å². The van der Waals surface area contributed by atoms with E-state index < -0.39 is 9.84 Å². The van der Waals surface area contributed by atoms with Crippen molar-refractivity contribution in [3.05, 3.63) is 59.7 Å². The summed E-state index contributed by atoms with van der Waals surface area (Å²) in [5, 5.41) is 9.90. The van der Waals surface area contributed by atoms with Crippen molar-refractivity contribution in [2.45, 2.75) is 30.2 Å². The Labute approximate surface area is 172 Å². The highest BCUT2D eigenvalue weighted by molar-refractivity contribution is 7.90. The molecule has 1 unspecified atom stereocenters. The fourth-order valence-electron chi connectivity index (χ4n) is 3.72. The van der Waals surface area contributed by atoms with E-state index >= 15 is 0 Å². The number of hydrogen-bond acceptors (Lipinski definition) is 5. The van der Waals surface area contributed by atoms with Crippen LogP contribution in [0.4, 0.5) is 0 Å². The van der Waals surface area contributed by atoms with Gasteiger partial charge in [-0.05, 0) is 61.3 Å². The number of rotatable bonds is 7. The van der Waals surface area contributed by atoms with E-state index in [2.05, 4.69) is 4.90 Å². The van der Waals surface area contributed by atoms with Gasteiger partial charge in [0.2, 0.25) is 5.91 Å². The molecule has 1 aliphatic rings. The number of hydrogen-bond donors (Lipinski definition) is 1. The van der Waals surface area contributed by atoms with Crippen molar-refractivity contribution in [3.63, 3.8) is 0 Å². The smallest absolute Gasteiger partial charge is 0.227 e. The summed E-state index contributed by atoms with van der Waals surface area (Å²) in [4.78, 5) is 17.3. The molecule has 1 fully saturated rings. The molecule has 156 valence electrons. The van der Waals surface area contributed by atoms with Crippen LogP contribution in [0, 0.1) is 0 Å². The van der Waals surface area contributed by atoms with Crippen LogP contribution in [0.5, 0.6) is 5.75 Å². The predicted molar refractivity (Wildman–Crippen MR) is 113 cm³/mol. The van der Waals surface area contributed by atoms with E-state index in [0.29, 0.717) is 0 Å². The maximum Gasteiger partial charge on any atom is 0.227 e. The van der Waals surface area contributed by atoms with Crippen LogP contribution in [0.3, 0.4) is 0 Å². The van der Waals surface area contributed by atoms with Crippen molar-refractivity contribution in [2.75, 3.05) is 32.9 Å². The number of likely N-dealkylation sites (N-methyl/N-ethyl adjacent to an activating group) is 1. The molecule has 1 atom stereocenters. The number of likely N-dealkylation sites (tertiary alicyclic amines) is 1. The first-order chi connectivity index (χ1) is 13.7. The molecule has 2 aromatic carbocycles. The van der Waals surface area contributed by atoms with Crippen LogP contribution in [0.1, 0.15) is 30.0 Å². The van der Waals surface area contributed by atoms with Crippen LogP contribution in [-0.2, 0) is 21.1 Å². The van der Waals surface area contributed by atoms with Gasteiger partial charge in [0.1, 0.15) is 5.75 Å². The second kappa shape index (κ2) is 8.97. The number of phenolic OH excluding ortho intramolecular Hbond substituents is 1. The Morgan fingerprint density at radius 2 is 1.79 bits per heavy atom. The van der Waals surface area contributed by atoms with Gasteiger partial charge in [-0.25, -0.2) is 8.42 Å². The number of sulfone groups is 1. The molecule has 29 heavy (non-hydrogen) atoms. The zero-order valence-corrected chi connectivity index (χ0v) is 17.7. The predicted octanol–water partition coefficient (Wildman–Crippen LogP) is 2.63. The summed E-state index contributed by atoms with van der Waals surface area (Å²) in [6, 6.07) is 13.4. The Kier molecular flexibility index (Phi) is 6.59. The fraction of sp³-hybridized carbons (Fsp3) is 0.409. The molecule has 1 amide bonds. The van der Waals surface area contributed by atoms with E-state index in [1.807, 2.05) is 6.07 Å². The molecule has 0 aromatic heterocycles. The maximum absolute atomic E-state index is 13.0. The minimum Gasteiger partial charge on any atom is -0.508 e. The molecular formula is C22H28N2O4S. The van der Waals surface area contributed by atoms with Crippen LogP contribution >= 0.6 is 0 Å².